The Kier molecular flexibility index (Phi) is 6.29. The first kappa shape index (κ1) is 19.4. The number of nitrogens with one attached hydrogen (secondary N) is 1. The lowest BCUT2D eigenvalue weighted by molar-refractivity contribution is -0.137. The second-order valence-corrected chi connectivity index (χ2v) is 5.67. The highest BCUT2D eigenvalue weighted by Crippen LogP contribution is 2.29. The Morgan fingerprint density at radius 3 is 2.62 bits per heavy atom. The van der Waals surface area contributed by atoms with Crippen LogP contribution < -0.4 is 10.1 Å². The van der Waals surface area contributed by atoms with Crippen molar-refractivity contribution < 1.29 is 22.7 Å². The first-order valence-corrected chi connectivity index (χ1v) is 7.93. The van der Waals surface area contributed by atoms with E-state index in [2.05, 4.69) is 17.2 Å². The van der Waals surface area contributed by atoms with E-state index in [-0.39, 0.29) is 18.0 Å². The van der Waals surface area contributed by atoms with Crippen LogP contribution in [0.1, 0.15) is 23.6 Å². The molecular formula is C20H18F3NO2. The Morgan fingerprint density at radius 2 is 1.92 bits per heavy atom. The average molecular weight is 361 g/mol. The van der Waals surface area contributed by atoms with Gasteiger partial charge < -0.3 is 10.1 Å². The normalized spacial score (nSPS) is 11.9. The zero-order valence-corrected chi connectivity index (χ0v) is 14.4. The summed E-state index contributed by atoms with van der Waals surface area (Å²) in [6.07, 6.45) is -5.12. The molecule has 3 nitrogen and oxygen atoms in total. The third kappa shape index (κ3) is 5.85. The van der Waals surface area contributed by atoms with Gasteiger partial charge in [0.05, 0.1) is 12.1 Å². The molecule has 2 aromatic rings. The first-order valence-electron chi connectivity index (χ1n) is 7.93. The number of halogens is 3. The van der Waals surface area contributed by atoms with Crippen molar-refractivity contribution in [3.63, 3.8) is 0 Å². The molecule has 0 aromatic heterocycles. The van der Waals surface area contributed by atoms with Crippen LogP contribution in [0.15, 0.2) is 48.5 Å². The number of carbonyl (C=O) groups is 1. The Bertz CT molecular complexity index is 835. The van der Waals surface area contributed by atoms with Crippen molar-refractivity contribution in [2.24, 2.45) is 0 Å². The Balaban J connectivity index is 1.88. The Labute approximate surface area is 150 Å². The quantitative estimate of drug-likeness (QED) is 0.838. The van der Waals surface area contributed by atoms with Crippen LogP contribution in [-0.4, -0.2) is 18.6 Å². The van der Waals surface area contributed by atoms with Crippen molar-refractivity contribution in [3.8, 4) is 17.6 Å². The summed E-state index contributed by atoms with van der Waals surface area (Å²) in [5, 5.41) is 2.57. The summed E-state index contributed by atoms with van der Waals surface area (Å²) in [4.78, 5) is 12.0. The number of hydrogen-bond donors (Lipinski definition) is 1. The summed E-state index contributed by atoms with van der Waals surface area (Å²) in [5.74, 6) is 5.47. The molecule has 0 aliphatic rings. The minimum atomic E-state index is -4.41. The molecular weight excluding hydrogens is 343 g/mol. The summed E-state index contributed by atoms with van der Waals surface area (Å²) in [6, 6.07) is 12.0. The number of rotatable bonds is 4. The van der Waals surface area contributed by atoms with Gasteiger partial charge in [-0.3, -0.25) is 4.79 Å². The molecule has 1 amide bonds. The van der Waals surface area contributed by atoms with Gasteiger partial charge in [0.1, 0.15) is 5.75 Å². The van der Waals surface area contributed by atoms with E-state index < -0.39 is 17.8 Å². The molecule has 0 aliphatic heterocycles. The Hall–Kier alpha value is -2.94. The van der Waals surface area contributed by atoms with Crippen LogP contribution in [0.5, 0.6) is 5.75 Å². The molecule has 0 spiro atoms. The topological polar surface area (TPSA) is 38.3 Å². The van der Waals surface area contributed by atoms with Crippen molar-refractivity contribution in [1.82, 2.24) is 5.32 Å². The number of aryl methyl sites for hydroxylation is 1. The number of carbonyl (C=O) groups excluding carboxylic acids is 1. The predicted molar refractivity (Wildman–Crippen MR) is 92.6 cm³/mol. The first-order chi connectivity index (χ1) is 12.3. The second kappa shape index (κ2) is 8.43. The van der Waals surface area contributed by atoms with E-state index in [4.69, 9.17) is 4.74 Å². The van der Waals surface area contributed by atoms with E-state index in [1.54, 1.807) is 13.0 Å². The fraction of sp³-hybridized carbons (Fsp3) is 0.250. The molecule has 0 aliphatic carbocycles. The Morgan fingerprint density at radius 1 is 1.19 bits per heavy atom. The van der Waals surface area contributed by atoms with Gasteiger partial charge in [-0.25, -0.2) is 0 Å². The number of ether oxygens (including phenoxy) is 1. The van der Waals surface area contributed by atoms with E-state index in [9.17, 15) is 18.0 Å². The molecule has 136 valence electrons. The van der Waals surface area contributed by atoms with Crippen LogP contribution >= 0.6 is 0 Å². The van der Waals surface area contributed by atoms with Gasteiger partial charge in [0.25, 0.3) is 5.91 Å². The summed E-state index contributed by atoms with van der Waals surface area (Å²) in [7, 11) is 0. The van der Waals surface area contributed by atoms with Crippen molar-refractivity contribution in [1.29, 1.82) is 0 Å². The van der Waals surface area contributed by atoms with Crippen LogP contribution in [-0.2, 0) is 11.0 Å². The van der Waals surface area contributed by atoms with E-state index >= 15 is 0 Å². The van der Waals surface area contributed by atoms with Crippen molar-refractivity contribution in [2.75, 3.05) is 6.54 Å². The fourth-order valence-electron chi connectivity index (χ4n) is 2.14. The third-order valence-electron chi connectivity index (χ3n) is 3.45. The van der Waals surface area contributed by atoms with Gasteiger partial charge in [-0.15, -0.1) is 0 Å². The minimum absolute atomic E-state index is 0.0105. The van der Waals surface area contributed by atoms with E-state index in [1.807, 2.05) is 25.1 Å². The van der Waals surface area contributed by atoms with Crippen LogP contribution in [0, 0.1) is 18.8 Å². The zero-order chi connectivity index (χ0) is 19.2. The van der Waals surface area contributed by atoms with Crippen molar-refractivity contribution >= 4 is 5.91 Å². The van der Waals surface area contributed by atoms with Gasteiger partial charge in [-0.1, -0.05) is 30.0 Å². The SMILES string of the molecule is Cc1cccc(OC(C)C(=O)NCC#Cc2cccc(C(F)(F)F)c2)c1. The van der Waals surface area contributed by atoms with E-state index in [0.717, 1.165) is 17.7 Å². The lowest BCUT2D eigenvalue weighted by Gasteiger charge is -2.14. The van der Waals surface area contributed by atoms with Gasteiger partial charge in [0.15, 0.2) is 6.10 Å². The molecule has 2 aromatic carbocycles. The van der Waals surface area contributed by atoms with Gasteiger partial charge in [0.2, 0.25) is 0 Å². The maximum absolute atomic E-state index is 12.6. The molecule has 0 saturated carbocycles. The second-order valence-electron chi connectivity index (χ2n) is 5.67. The maximum Gasteiger partial charge on any atom is 0.416 e. The largest absolute Gasteiger partial charge is 0.481 e. The van der Waals surface area contributed by atoms with Gasteiger partial charge in [0, 0.05) is 5.56 Å². The van der Waals surface area contributed by atoms with Gasteiger partial charge >= 0.3 is 6.18 Å². The molecule has 2 rings (SSSR count). The molecule has 0 bridgehead atoms. The molecule has 26 heavy (non-hydrogen) atoms. The lowest BCUT2D eigenvalue weighted by atomic mass is 10.1. The summed E-state index contributed by atoms with van der Waals surface area (Å²) >= 11 is 0. The zero-order valence-electron chi connectivity index (χ0n) is 14.4. The molecule has 0 fully saturated rings. The van der Waals surface area contributed by atoms with E-state index in [0.29, 0.717) is 5.75 Å². The maximum atomic E-state index is 12.6. The predicted octanol–water partition coefficient (Wildman–Crippen LogP) is 3.95. The number of alkyl halides is 3. The highest BCUT2D eigenvalue weighted by molar-refractivity contribution is 5.80. The van der Waals surface area contributed by atoms with Crippen molar-refractivity contribution in [3.05, 3.63) is 65.2 Å². The highest BCUT2D eigenvalue weighted by atomic mass is 19.4. The third-order valence-corrected chi connectivity index (χ3v) is 3.45. The number of hydrogen-bond acceptors (Lipinski definition) is 2. The standard InChI is InChI=1S/C20H18F3NO2/c1-14-6-3-10-18(12-14)26-15(2)19(25)24-11-5-8-16-7-4-9-17(13-16)20(21,22)23/h3-4,6-7,9-10,12-13,15H,11H2,1-2H3,(H,24,25). The molecule has 0 saturated heterocycles. The van der Waals surface area contributed by atoms with Gasteiger partial charge in [-0.05, 0) is 49.7 Å². The van der Waals surface area contributed by atoms with Crippen LogP contribution in [0.4, 0.5) is 13.2 Å². The average Bonchev–Trinajstić information content (AvgIpc) is 2.58. The number of amides is 1. The monoisotopic (exact) mass is 361 g/mol. The lowest BCUT2D eigenvalue weighted by Crippen LogP contribution is -2.36. The molecule has 1 atom stereocenters. The molecule has 1 N–H and O–H groups in total. The molecule has 1 unspecified atom stereocenters. The molecule has 0 heterocycles. The molecule has 6 heteroatoms. The summed E-state index contributed by atoms with van der Waals surface area (Å²) < 4.78 is 43.4. The van der Waals surface area contributed by atoms with Crippen LogP contribution in [0.3, 0.4) is 0 Å². The minimum Gasteiger partial charge on any atom is -0.481 e. The van der Waals surface area contributed by atoms with Crippen LogP contribution in [0.25, 0.3) is 0 Å². The summed E-state index contributed by atoms with van der Waals surface area (Å²) in [6.45, 7) is 3.54. The highest BCUT2D eigenvalue weighted by Gasteiger charge is 2.30. The summed E-state index contributed by atoms with van der Waals surface area (Å²) in [5.41, 5.74) is 0.494. The van der Waals surface area contributed by atoms with Crippen LogP contribution in [0.2, 0.25) is 0 Å². The van der Waals surface area contributed by atoms with Gasteiger partial charge in [-0.2, -0.15) is 13.2 Å². The van der Waals surface area contributed by atoms with E-state index in [1.165, 1.54) is 12.1 Å². The van der Waals surface area contributed by atoms with Crippen molar-refractivity contribution in [2.45, 2.75) is 26.1 Å². The smallest absolute Gasteiger partial charge is 0.416 e. The molecule has 0 radical (unpaired) electrons. The fourth-order valence-corrected chi connectivity index (χ4v) is 2.14. The number of benzene rings is 2.